The first kappa shape index (κ1) is 15.8. The fraction of sp³-hybridized carbons (Fsp3) is 0.615. The Morgan fingerprint density at radius 3 is 2.47 bits per heavy atom. The lowest BCUT2D eigenvalue weighted by Crippen LogP contribution is -2.25. The molecular formula is C13H20F3N3. The van der Waals surface area contributed by atoms with Gasteiger partial charge in [-0.15, -0.1) is 0 Å². The summed E-state index contributed by atoms with van der Waals surface area (Å²) in [7, 11) is 0. The highest BCUT2D eigenvalue weighted by Gasteiger charge is 2.32. The van der Waals surface area contributed by atoms with Gasteiger partial charge in [0.05, 0.1) is 0 Å². The summed E-state index contributed by atoms with van der Waals surface area (Å²) < 4.78 is 37.4. The van der Waals surface area contributed by atoms with Crippen molar-refractivity contribution >= 4 is 5.82 Å². The second-order valence-electron chi connectivity index (χ2n) is 4.21. The van der Waals surface area contributed by atoms with Crippen LogP contribution in [0.25, 0.3) is 0 Å². The standard InChI is InChI=1S/C13H20F3N3/c1-3-19(4-2)10-6-9-17-12-8-5-7-11(18-12)13(14,15)16/h5,7-8H,3-4,6,9-10H2,1-2H3,(H,17,18). The molecule has 19 heavy (non-hydrogen) atoms. The lowest BCUT2D eigenvalue weighted by molar-refractivity contribution is -0.141. The molecule has 6 heteroatoms. The maximum atomic E-state index is 12.5. The zero-order valence-electron chi connectivity index (χ0n) is 11.3. The highest BCUT2D eigenvalue weighted by molar-refractivity contribution is 5.35. The van der Waals surface area contributed by atoms with Crippen molar-refractivity contribution in [2.24, 2.45) is 0 Å². The van der Waals surface area contributed by atoms with E-state index < -0.39 is 11.9 Å². The van der Waals surface area contributed by atoms with Crippen LogP contribution in [0.3, 0.4) is 0 Å². The number of hydrogen-bond acceptors (Lipinski definition) is 3. The summed E-state index contributed by atoms with van der Waals surface area (Å²) in [5, 5.41) is 2.92. The molecule has 0 aliphatic rings. The number of rotatable bonds is 7. The first-order valence-corrected chi connectivity index (χ1v) is 6.47. The van der Waals surface area contributed by atoms with E-state index >= 15 is 0 Å². The average molecular weight is 275 g/mol. The van der Waals surface area contributed by atoms with E-state index in [1.807, 2.05) is 0 Å². The molecule has 0 saturated carbocycles. The van der Waals surface area contributed by atoms with Gasteiger partial charge in [-0.05, 0) is 38.2 Å². The molecule has 0 aromatic carbocycles. The number of nitrogens with one attached hydrogen (secondary N) is 1. The van der Waals surface area contributed by atoms with Crippen molar-refractivity contribution in [2.45, 2.75) is 26.4 Å². The van der Waals surface area contributed by atoms with E-state index in [0.29, 0.717) is 6.54 Å². The largest absolute Gasteiger partial charge is 0.433 e. The predicted molar refractivity (Wildman–Crippen MR) is 70.1 cm³/mol. The summed E-state index contributed by atoms with van der Waals surface area (Å²) in [6.07, 6.45) is -3.52. The van der Waals surface area contributed by atoms with Gasteiger partial charge in [0.1, 0.15) is 11.5 Å². The SMILES string of the molecule is CCN(CC)CCCNc1cccc(C(F)(F)F)n1. The van der Waals surface area contributed by atoms with Gasteiger partial charge in [-0.1, -0.05) is 19.9 Å². The molecular weight excluding hydrogens is 255 g/mol. The van der Waals surface area contributed by atoms with Crippen molar-refractivity contribution in [3.05, 3.63) is 23.9 Å². The van der Waals surface area contributed by atoms with Crippen LogP contribution in [-0.2, 0) is 6.18 Å². The second kappa shape index (κ2) is 7.33. The quantitative estimate of drug-likeness (QED) is 0.774. The second-order valence-corrected chi connectivity index (χ2v) is 4.21. The van der Waals surface area contributed by atoms with Crippen LogP contribution in [0.15, 0.2) is 18.2 Å². The first-order chi connectivity index (χ1) is 8.97. The number of halogens is 3. The maximum absolute atomic E-state index is 12.5. The van der Waals surface area contributed by atoms with E-state index in [9.17, 15) is 13.2 Å². The number of aromatic nitrogens is 1. The fourth-order valence-electron chi connectivity index (χ4n) is 1.75. The zero-order chi connectivity index (χ0) is 14.3. The monoisotopic (exact) mass is 275 g/mol. The molecule has 1 aromatic heterocycles. The molecule has 0 fully saturated rings. The van der Waals surface area contributed by atoms with Crippen LogP contribution < -0.4 is 5.32 Å². The van der Waals surface area contributed by atoms with Crippen molar-refractivity contribution in [1.82, 2.24) is 9.88 Å². The Labute approximate surface area is 111 Å². The third-order valence-corrected chi connectivity index (χ3v) is 2.89. The summed E-state index contributed by atoms with van der Waals surface area (Å²) in [5.41, 5.74) is -0.860. The number of alkyl halides is 3. The van der Waals surface area contributed by atoms with E-state index in [1.165, 1.54) is 6.07 Å². The van der Waals surface area contributed by atoms with Gasteiger partial charge in [0.25, 0.3) is 0 Å². The van der Waals surface area contributed by atoms with E-state index in [4.69, 9.17) is 0 Å². The molecule has 1 N–H and O–H groups in total. The predicted octanol–water partition coefficient (Wildman–Crippen LogP) is 3.24. The molecule has 1 rings (SSSR count). The number of pyridine rings is 1. The van der Waals surface area contributed by atoms with Crippen molar-refractivity contribution in [3.8, 4) is 0 Å². The number of anilines is 1. The molecule has 1 aromatic rings. The Morgan fingerprint density at radius 2 is 1.89 bits per heavy atom. The molecule has 0 amide bonds. The van der Waals surface area contributed by atoms with Gasteiger partial charge < -0.3 is 10.2 Å². The van der Waals surface area contributed by atoms with Crippen molar-refractivity contribution in [1.29, 1.82) is 0 Å². The molecule has 3 nitrogen and oxygen atoms in total. The van der Waals surface area contributed by atoms with E-state index in [2.05, 4.69) is 29.0 Å². The molecule has 0 bridgehead atoms. The zero-order valence-corrected chi connectivity index (χ0v) is 11.3. The van der Waals surface area contributed by atoms with Gasteiger partial charge in [-0.3, -0.25) is 0 Å². The highest BCUT2D eigenvalue weighted by atomic mass is 19.4. The Balaban J connectivity index is 2.42. The third kappa shape index (κ3) is 5.46. The maximum Gasteiger partial charge on any atom is 0.433 e. The van der Waals surface area contributed by atoms with Crippen LogP contribution in [0.5, 0.6) is 0 Å². The van der Waals surface area contributed by atoms with Crippen LogP contribution in [-0.4, -0.2) is 36.1 Å². The number of nitrogens with zero attached hydrogens (tertiary/aromatic N) is 2. The Bertz CT molecular complexity index is 376. The van der Waals surface area contributed by atoms with Crippen LogP contribution in [0.4, 0.5) is 19.0 Å². The van der Waals surface area contributed by atoms with Gasteiger partial charge in [0.15, 0.2) is 0 Å². The summed E-state index contributed by atoms with van der Waals surface area (Å²) >= 11 is 0. The van der Waals surface area contributed by atoms with Crippen LogP contribution >= 0.6 is 0 Å². The fourth-order valence-corrected chi connectivity index (χ4v) is 1.75. The minimum atomic E-state index is -4.39. The third-order valence-electron chi connectivity index (χ3n) is 2.89. The van der Waals surface area contributed by atoms with Crippen LogP contribution in [0, 0.1) is 0 Å². The molecule has 0 radical (unpaired) electrons. The Kier molecular flexibility index (Phi) is 6.08. The Hall–Kier alpha value is -1.30. The van der Waals surface area contributed by atoms with Gasteiger partial charge >= 0.3 is 6.18 Å². The Morgan fingerprint density at radius 1 is 1.21 bits per heavy atom. The number of hydrogen-bond donors (Lipinski definition) is 1. The summed E-state index contributed by atoms with van der Waals surface area (Å²) in [5.74, 6) is 0.273. The van der Waals surface area contributed by atoms with Crippen molar-refractivity contribution < 1.29 is 13.2 Å². The minimum absolute atomic E-state index is 0.273. The first-order valence-electron chi connectivity index (χ1n) is 6.47. The summed E-state index contributed by atoms with van der Waals surface area (Å²) in [4.78, 5) is 5.82. The molecule has 0 unspecified atom stereocenters. The summed E-state index contributed by atoms with van der Waals surface area (Å²) in [6, 6.07) is 3.89. The van der Waals surface area contributed by atoms with Crippen LogP contribution in [0.2, 0.25) is 0 Å². The smallest absolute Gasteiger partial charge is 0.370 e. The normalized spacial score (nSPS) is 11.9. The molecule has 0 atom stereocenters. The van der Waals surface area contributed by atoms with Gasteiger partial charge in [0, 0.05) is 6.54 Å². The van der Waals surface area contributed by atoms with E-state index in [-0.39, 0.29) is 5.82 Å². The topological polar surface area (TPSA) is 28.2 Å². The highest BCUT2D eigenvalue weighted by Crippen LogP contribution is 2.28. The van der Waals surface area contributed by atoms with Crippen molar-refractivity contribution in [2.75, 3.05) is 31.5 Å². The van der Waals surface area contributed by atoms with E-state index in [1.54, 1.807) is 6.07 Å². The molecule has 0 aliphatic heterocycles. The van der Waals surface area contributed by atoms with Crippen molar-refractivity contribution in [3.63, 3.8) is 0 Å². The molecule has 0 aliphatic carbocycles. The van der Waals surface area contributed by atoms with Gasteiger partial charge in [-0.25, -0.2) is 4.98 Å². The van der Waals surface area contributed by atoms with E-state index in [0.717, 1.165) is 32.1 Å². The van der Waals surface area contributed by atoms with Gasteiger partial charge in [-0.2, -0.15) is 13.2 Å². The molecule has 0 saturated heterocycles. The minimum Gasteiger partial charge on any atom is -0.370 e. The lowest BCUT2D eigenvalue weighted by Gasteiger charge is -2.17. The van der Waals surface area contributed by atoms with Crippen LogP contribution in [0.1, 0.15) is 26.0 Å². The molecule has 1 heterocycles. The van der Waals surface area contributed by atoms with Gasteiger partial charge in [0.2, 0.25) is 0 Å². The average Bonchev–Trinajstić information content (AvgIpc) is 2.38. The molecule has 0 spiro atoms. The molecule has 108 valence electrons. The lowest BCUT2D eigenvalue weighted by atomic mass is 10.3. The summed E-state index contributed by atoms with van der Waals surface area (Å²) in [6.45, 7) is 7.69.